The predicted octanol–water partition coefficient (Wildman–Crippen LogP) is 3.71. The molecule has 0 aliphatic heterocycles. The second-order valence-electron chi connectivity index (χ2n) is 7.08. The van der Waals surface area contributed by atoms with Gasteiger partial charge >= 0.3 is 0 Å². The topological polar surface area (TPSA) is 104 Å². The summed E-state index contributed by atoms with van der Waals surface area (Å²) in [6.45, 7) is 0. The van der Waals surface area contributed by atoms with E-state index in [2.05, 4.69) is 20.0 Å². The molecule has 1 amide bonds. The monoisotopic (exact) mass is 434 g/mol. The summed E-state index contributed by atoms with van der Waals surface area (Å²) < 4.78 is 25.8. The number of carbonyl (C=O) groups is 1. The summed E-state index contributed by atoms with van der Waals surface area (Å²) in [5.41, 5.74) is 4.32. The Labute approximate surface area is 180 Å². The molecule has 0 spiro atoms. The van der Waals surface area contributed by atoms with Gasteiger partial charge in [-0.2, -0.15) is 0 Å². The Hall–Kier alpha value is -3.49. The molecule has 31 heavy (non-hydrogen) atoms. The van der Waals surface area contributed by atoms with Gasteiger partial charge in [-0.3, -0.25) is 4.79 Å². The number of aromatic amines is 1. The Kier molecular flexibility index (Phi) is 5.83. The molecule has 8 heteroatoms. The molecule has 0 saturated heterocycles. The van der Waals surface area contributed by atoms with E-state index in [9.17, 15) is 13.2 Å². The van der Waals surface area contributed by atoms with E-state index in [1.54, 1.807) is 12.1 Å². The van der Waals surface area contributed by atoms with Crippen LogP contribution < -0.4 is 10.0 Å². The van der Waals surface area contributed by atoms with Gasteiger partial charge in [-0.1, -0.05) is 36.4 Å². The van der Waals surface area contributed by atoms with E-state index >= 15 is 0 Å². The highest BCUT2D eigenvalue weighted by Crippen LogP contribution is 2.23. The number of amides is 1. The number of nitrogens with one attached hydrogen (secondary N) is 3. The van der Waals surface area contributed by atoms with Crippen LogP contribution in [0, 0.1) is 0 Å². The lowest BCUT2D eigenvalue weighted by Gasteiger charge is -2.07. The third kappa shape index (κ3) is 4.82. The van der Waals surface area contributed by atoms with Crippen molar-refractivity contribution in [3.05, 3.63) is 78.4 Å². The molecular formula is C23H22N4O3S. The van der Waals surface area contributed by atoms with E-state index in [0.29, 0.717) is 12.1 Å². The van der Waals surface area contributed by atoms with Gasteiger partial charge in [-0.25, -0.2) is 18.1 Å². The molecule has 0 fully saturated rings. The largest absolute Gasteiger partial charge is 0.338 e. The number of anilines is 1. The Bertz CT molecular complexity index is 1300. The SMILES string of the molecule is CNS(=O)(=O)c1ccc(CCC(=O)Nc2cccc(-c3nc4ccccc4[nH]3)c2)cc1. The van der Waals surface area contributed by atoms with Crippen LogP contribution >= 0.6 is 0 Å². The number of rotatable bonds is 7. The number of sulfonamides is 1. The number of hydrogen-bond acceptors (Lipinski definition) is 4. The van der Waals surface area contributed by atoms with Crippen molar-refractivity contribution in [3.63, 3.8) is 0 Å². The van der Waals surface area contributed by atoms with E-state index in [4.69, 9.17) is 0 Å². The van der Waals surface area contributed by atoms with Crippen LogP contribution in [0.15, 0.2) is 77.7 Å². The van der Waals surface area contributed by atoms with E-state index in [1.807, 2.05) is 48.5 Å². The van der Waals surface area contributed by atoms with Crippen molar-refractivity contribution >= 4 is 32.7 Å². The van der Waals surface area contributed by atoms with Crippen molar-refractivity contribution in [3.8, 4) is 11.4 Å². The highest BCUT2D eigenvalue weighted by atomic mass is 32.2. The standard InChI is InChI=1S/C23H22N4O3S/c1-24-31(29,30)19-12-9-16(10-13-19)11-14-22(28)25-18-6-4-5-17(15-18)23-26-20-7-2-3-8-21(20)27-23/h2-10,12-13,15,24H,11,14H2,1H3,(H,25,28)(H,26,27). The first kappa shape index (κ1) is 20.8. The Morgan fingerprint density at radius 1 is 1.00 bits per heavy atom. The quantitative estimate of drug-likeness (QED) is 0.412. The number of para-hydroxylation sites is 2. The van der Waals surface area contributed by atoms with Gasteiger partial charge in [0.1, 0.15) is 5.82 Å². The maximum atomic E-state index is 12.4. The zero-order chi connectivity index (χ0) is 21.8. The maximum absolute atomic E-state index is 12.4. The van der Waals surface area contributed by atoms with E-state index in [-0.39, 0.29) is 17.2 Å². The summed E-state index contributed by atoms with van der Waals surface area (Å²) in [6.07, 6.45) is 0.794. The molecule has 7 nitrogen and oxygen atoms in total. The molecular weight excluding hydrogens is 412 g/mol. The molecule has 0 aliphatic rings. The second-order valence-corrected chi connectivity index (χ2v) is 8.97. The molecule has 0 atom stereocenters. The molecule has 1 aromatic heterocycles. The van der Waals surface area contributed by atoms with Crippen molar-refractivity contribution in [2.45, 2.75) is 17.7 Å². The number of nitrogens with zero attached hydrogens (tertiary/aromatic N) is 1. The number of aromatic nitrogens is 2. The normalized spacial score (nSPS) is 11.5. The molecule has 0 radical (unpaired) electrons. The summed E-state index contributed by atoms with van der Waals surface area (Å²) in [5.74, 6) is 0.627. The van der Waals surface area contributed by atoms with Crippen LogP contribution in [0.1, 0.15) is 12.0 Å². The number of carbonyl (C=O) groups excluding carboxylic acids is 1. The Balaban J connectivity index is 1.39. The van der Waals surface area contributed by atoms with Crippen molar-refractivity contribution in [2.24, 2.45) is 0 Å². The fourth-order valence-corrected chi connectivity index (χ4v) is 4.00. The van der Waals surface area contributed by atoms with Gasteiger partial charge in [-0.05, 0) is 55.4 Å². The minimum atomic E-state index is -3.46. The maximum Gasteiger partial charge on any atom is 0.240 e. The fraction of sp³-hybridized carbons (Fsp3) is 0.130. The molecule has 4 aromatic rings. The van der Waals surface area contributed by atoms with Gasteiger partial charge < -0.3 is 10.3 Å². The summed E-state index contributed by atoms with van der Waals surface area (Å²) in [5, 5.41) is 2.91. The van der Waals surface area contributed by atoms with E-state index < -0.39 is 10.0 Å². The minimum Gasteiger partial charge on any atom is -0.338 e. The Morgan fingerprint density at radius 3 is 2.52 bits per heavy atom. The molecule has 3 N–H and O–H groups in total. The minimum absolute atomic E-state index is 0.117. The third-order valence-corrected chi connectivity index (χ3v) is 6.38. The zero-order valence-corrected chi connectivity index (χ0v) is 17.7. The highest BCUT2D eigenvalue weighted by molar-refractivity contribution is 7.89. The molecule has 1 heterocycles. The van der Waals surface area contributed by atoms with Crippen LogP contribution in [-0.2, 0) is 21.2 Å². The average Bonchev–Trinajstić information content (AvgIpc) is 3.23. The van der Waals surface area contributed by atoms with Crippen molar-refractivity contribution in [2.75, 3.05) is 12.4 Å². The van der Waals surface area contributed by atoms with Gasteiger partial charge in [0.05, 0.1) is 15.9 Å². The molecule has 0 bridgehead atoms. The first-order valence-electron chi connectivity index (χ1n) is 9.82. The van der Waals surface area contributed by atoms with Crippen LogP contribution in [0.3, 0.4) is 0 Å². The summed E-state index contributed by atoms with van der Waals surface area (Å²) >= 11 is 0. The third-order valence-electron chi connectivity index (χ3n) is 4.95. The molecule has 4 rings (SSSR count). The van der Waals surface area contributed by atoms with Crippen LogP contribution in [0.4, 0.5) is 5.69 Å². The number of H-pyrrole nitrogens is 1. The number of fused-ring (bicyclic) bond motifs is 1. The fourth-order valence-electron chi connectivity index (χ4n) is 3.27. The molecule has 158 valence electrons. The van der Waals surface area contributed by atoms with Crippen molar-refractivity contribution in [1.29, 1.82) is 0 Å². The lowest BCUT2D eigenvalue weighted by atomic mass is 10.1. The van der Waals surface area contributed by atoms with Gasteiger partial charge in [-0.15, -0.1) is 0 Å². The highest BCUT2D eigenvalue weighted by Gasteiger charge is 2.11. The number of benzene rings is 3. The van der Waals surface area contributed by atoms with Gasteiger partial charge in [0.15, 0.2) is 0 Å². The number of aryl methyl sites for hydroxylation is 1. The first-order valence-corrected chi connectivity index (χ1v) is 11.3. The van der Waals surface area contributed by atoms with E-state index in [1.165, 1.54) is 19.2 Å². The van der Waals surface area contributed by atoms with Gasteiger partial charge in [0, 0.05) is 17.7 Å². The predicted molar refractivity (Wildman–Crippen MR) is 121 cm³/mol. The van der Waals surface area contributed by atoms with Crippen LogP contribution in [0.25, 0.3) is 22.4 Å². The summed E-state index contributed by atoms with van der Waals surface area (Å²) in [4.78, 5) is 20.5. The van der Waals surface area contributed by atoms with Crippen LogP contribution in [-0.4, -0.2) is 31.3 Å². The number of hydrogen-bond donors (Lipinski definition) is 3. The van der Waals surface area contributed by atoms with Crippen molar-refractivity contribution in [1.82, 2.24) is 14.7 Å². The first-order chi connectivity index (χ1) is 14.9. The lowest BCUT2D eigenvalue weighted by Crippen LogP contribution is -2.18. The van der Waals surface area contributed by atoms with Gasteiger partial charge in [0.2, 0.25) is 15.9 Å². The van der Waals surface area contributed by atoms with Crippen LogP contribution in [0.5, 0.6) is 0 Å². The molecule has 0 saturated carbocycles. The molecule has 3 aromatic carbocycles. The van der Waals surface area contributed by atoms with Crippen LogP contribution in [0.2, 0.25) is 0 Å². The van der Waals surface area contributed by atoms with Crippen molar-refractivity contribution < 1.29 is 13.2 Å². The summed E-state index contributed by atoms with van der Waals surface area (Å²) in [7, 11) is -2.09. The summed E-state index contributed by atoms with van der Waals surface area (Å²) in [6, 6.07) is 21.9. The molecule has 0 aliphatic carbocycles. The van der Waals surface area contributed by atoms with E-state index in [0.717, 1.165) is 28.0 Å². The second kappa shape index (κ2) is 8.71. The zero-order valence-electron chi connectivity index (χ0n) is 16.9. The average molecular weight is 435 g/mol. The van der Waals surface area contributed by atoms with Gasteiger partial charge in [0.25, 0.3) is 0 Å². The smallest absolute Gasteiger partial charge is 0.240 e. The Morgan fingerprint density at radius 2 is 1.77 bits per heavy atom. The lowest BCUT2D eigenvalue weighted by molar-refractivity contribution is -0.116. The number of imidazole rings is 1. The molecule has 0 unspecified atom stereocenters.